The molecular formula is C66H78N6. The van der Waals surface area contributed by atoms with Gasteiger partial charge in [0.25, 0.3) is 0 Å². The van der Waals surface area contributed by atoms with E-state index in [0.29, 0.717) is 0 Å². The smallest absolute Gasteiger partial charge is 0.0759 e. The molecule has 372 valence electrons. The van der Waals surface area contributed by atoms with Crippen LogP contribution >= 0.6 is 0 Å². The summed E-state index contributed by atoms with van der Waals surface area (Å²) >= 11 is 0. The van der Waals surface area contributed by atoms with Crippen molar-refractivity contribution in [1.29, 1.82) is 0 Å². The molecule has 0 amide bonds. The summed E-state index contributed by atoms with van der Waals surface area (Å²) in [5.41, 5.74) is 14.9. The van der Waals surface area contributed by atoms with Crippen molar-refractivity contribution in [3.63, 3.8) is 0 Å². The zero-order chi connectivity index (χ0) is 52.6. The molecule has 0 bridgehead atoms. The second-order valence-corrected chi connectivity index (χ2v) is 15.3. The van der Waals surface area contributed by atoms with Gasteiger partial charge >= 0.3 is 0 Å². The molecule has 6 heterocycles. The summed E-state index contributed by atoms with van der Waals surface area (Å²) in [6, 6.07) is 46.8. The number of aromatic amines is 3. The summed E-state index contributed by atoms with van der Waals surface area (Å²) in [7, 11) is 0. The summed E-state index contributed by atoms with van der Waals surface area (Å²) in [5, 5.41) is 9.98. The Bertz CT molecular complexity index is 3320. The molecule has 0 aliphatic carbocycles. The molecule has 3 N–H and O–H groups in total. The number of fused-ring (bicyclic) bond motifs is 6. The second-order valence-electron chi connectivity index (χ2n) is 15.3. The SMILES string of the molecule is C/C(=C1\C=CC=N1)c1ccc[nH]1.CC.CC.CC.CC.CC.CC.CC(=C1N=Cc2cc3ccccc3cc21)c1[nH]cc2cc3ccccc3cc12.CC(=C1N=Cc2ccccc21)c1[nH]cc2ccccc12. The normalized spacial score (nSPS) is 13.8. The molecule has 12 rings (SSSR count). The quantitative estimate of drug-likeness (QED) is 0.158. The van der Waals surface area contributed by atoms with Gasteiger partial charge in [0, 0.05) is 81.3 Å². The molecule has 0 saturated heterocycles. The Hall–Kier alpha value is -7.83. The Balaban J connectivity index is 0.000000224. The van der Waals surface area contributed by atoms with Crippen molar-refractivity contribution in [2.24, 2.45) is 15.0 Å². The van der Waals surface area contributed by atoms with Gasteiger partial charge in [-0.3, -0.25) is 15.0 Å². The van der Waals surface area contributed by atoms with E-state index in [2.05, 4.69) is 173 Å². The van der Waals surface area contributed by atoms with Gasteiger partial charge in [0.1, 0.15) is 0 Å². The molecule has 0 unspecified atom stereocenters. The van der Waals surface area contributed by atoms with Crippen molar-refractivity contribution in [3.05, 3.63) is 209 Å². The molecule has 6 nitrogen and oxygen atoms in total. The Labute approximate surface area is 430 Å². The highest BCUT2D eigenvalue weighted by Gasteiger charge is 2.19. The number of benzene rings is 6. The number of nitrogens with one attached hydrogen (secondary N) is 3. The molecule has 3 aromatic heterocycles. The fraction of sp³-hybridized carbons (Fsp3) is 0.227. The number of hydrogen-bond donors (Lipinski definition) is 3. The van der Waals surface area contributed by atoms with Crippen LogP contribution in [0, 0.1) is 0 Å². The fourth-order valence-electron chi connectivity index (χ4n) is 8.38. The molecular weight excluding hydrogens is 877 g/mol. The molecule has 9 aromatic rings. The van der Waals surface area contributed by atoms with Gasteiger partial charge in [-0.2, -0.15) is 0 Å². The van der Waals surface area contributed by atoms with Crippen LogP contribution in [0.5, 0.6) is 0 Å². The van der Waals surface area contributed by atoms with Crippen molar-refractivity contribution in [1.82, 2.24) is 15.0 Å². The maximum absolute atomic E-state index is 4.79. The van der Waals surface area contributed by atoms with Crippen molar-refractivity contribution in [3.8, 4) is 0 Å². The van der Waals surface area contributed by atoms with Crippen molar-refractivity contribution in [2.75, 3.05) is 0 Å². The van der Waals surface area contributed by atoms with Crippen LogP contribution < -0.4 is 0 Å². The maximum Gasteiger partial charge on any atom is 0.0759 e. The number of nitrogens with zero attached hydrogens (tertiary/aromatic N) is 3. The largest absolute Gasteiger partial charge is 0.361 e. The third kappa shape index (κ3) is 12.9. The Morgan fingerprint density at radius 2 is 0.889 bits per heavy atom. The van der Waals surface area contributed by atoms with Gasteiger partial charge < -0.3 is 15.0 Å². The van der Waals surface area contributed by atoms with Crippen molar-refractivity contribution >= 4 is 89.8 Å². The lowest BCUT2D eigenvalue weighted by atomic mass is 9.97. The van der Waals surface area contributed by atoms with Gasteiger partial charge in [-0.15, -0.1) is 0 Å². The lowest BCUT2D eigenvalue weighted by Crippen LogP contribution is -1.89. The van der Waals surface area contributed by atoms with Crippen LogP contribution in [0.25, 0.3) is 71.2 Å². The predicted octanol–water partition coefficient (Wildman–Crippen LogP) is 19.8. The summed E-state index contributed by atoms with van der Waals surface area (Å²) in [5.74, 6) is 0. The number of aromatic nitrogens is 3. The molecule has 72 heavy (non-hydrogen) atoms. The first kappa shape index (κ1) is 56.8. The van der Waals surface area contributed by atoms with E-state index in [1.807, 2.05) is 138 Å². The molecule has 0 spiro atoms. The van der Waals surface area contributed by atoms with Gasteiger partial charge in [0.15, 0.2) is 0 Å². The summed E-state index contributed by atoms with van der Waals surface area (Å²) in [6.07, 6.45) is 15.8. The standard InChI is InChI=1S/C26H18N2.C18H14N2.C10H10N2.6C2H6/c1-16(25-23-12-19-8-4-2-6-17(19)10-21(23)14-27-25)26-24-13-20-9-5-3-7-18(20)11-22(24)15-28-26;1-12(17-15-8-4-2-6-13(15)10-19-17)18-16-9-5-3-7-14(16)11-20-18;1-8(9-4-2-6-11-9)10-5-3-7-12-10;6*1-2/h2-15,27H,1H3;2-11,19H,1H3;2-7,11H,1H3;6*1-2H3/b;;10-8-;;;;;;. The van der Waals surface area contributed by atoms with Gasteiger partial charge in [0.05, 0.1) is 28.5 Å². The molecule has 3 aliphatic heterocycles. The molecule has 6 aromatic carbocycles. The monoisotopic (exact) mass is 955 g/mol. The molecule has 0 atom stereocenters. The van der Waals surface area contributed by atoms with E-state index in [-0.39, 0.29) is 0 Å². The number of rotatable bonds is 3. The third-order valence-electron chi connectivity index (χ3n) is 11.6. The van der Waals surface area contributed by atoms with Crippen LogP contribution in [0.2, 0.25) is 0 Å². The van der Waals surface area contributed by atoms with E-state index in [1.165, 1.54) is 82.1 Å². The number of H-pyrrole nitrogens is 3. The van der Waals surface area contributed by atoms with Crippen molar-refractivity contribution < 1.29 is 0 Å². The minimum absolute atomic E-state index is 1.04. The first-order chi connectivity index (χ1) is 35.5. The number of hydrogen-bond acceptors (Lipinski definition) is 3. The van der Waals surface area contributed by atoms with E-state index in [1.54, 1.807) is 0 Å². The first-order valence-electron chi connectivity index (χ1n) is 26.2. The molecule has 0 fully saturated rings. The summed E-state index contributed by atoms with van der Waals surface area (Å²) in [4.78, 5) is 23.6. The first-order valence-corrected chi connectivity index (χ1v) is 26.2. The van der Waals surface area contributed by atoms with Gasteiger partial charge in [0.2, 0.25) is 0 Å². The van der Waals surface area contributed by atoms with Gasteiger partial charge in [-0.25, -0.2) is 0 Å². The van der Waals surface area contributed by atoms with Crippen LogP contribution in [0.15, 0.2) is 185 Å². The Morgan fingerprint density at radius 3 is 1.49 bits per heavy atom. The van der Waals surface area contributed by atoms with Gasteiger partial charge in [-0.1, -0.05) is 180 Å². The second kappa shape index (κ2) is 29.4. The number of aliphatic imine (C=N–C) groups is 3. The Morgan fingerprint density at radius 1 is 0.389 bits per heavy atom. The topological polar surface area (TPSA) is 84.4 Å². The highest BCUT2D eigenvalue weighted by Crippen LogP contribution is 2.38. The fourth-order valence-corrected chi connectivity index (χ4v) is 8.38. The predicted molar refractivity (Wildman–Crippen MR) is 324 cm³/mol. The zero-order valence-corrected chi connectivity index (χ0v) is 45.7. The lowest BCUT2D eigenvalue weighted by molar-refractivity contribution is 1.31. The van der Waals surface area contributed by atoms with E-state index in [4.69, 9.17) is 4.99 Å². The van der Waals surface area contributed by atoms with Crippen LogP contribution in [0.1, 0.15) is 143 Å². The molecule has 6 heteroatoms. The summed E-state index contributed by atoms with van der Waals surface area (Å²) < 4.78 is 0. The van der Waals surface area contributed by atoms with E-state index in [0.717, 1.165) is 34.2 Å². The zero-order valence-electron chi connectivity index (χ0n) is 45.7. The average molecular weight is 955 g/mol. The molecule has 0 saturated carbocycles. The minimum Gasteiger partial charge on any atom is -0.361 e. The number of allylic oxidation sites excluding steroid dienone is 5. The highest BCUT2D eigenvalue weighted by atomic mass is 14.8. The Kier molecular flexibility index (Phi) is 23.2. The maximum atomic E-state index is 4.79. The van der Waals surface area contributed by atoms with Crippen molar-refractivity contribution in [2.45, 2.75) is 104 Å². The van der Waals surface area contributed by atoms with Crippen LogP contribution in [-0.2, 0) is 0 Å². The molecule has 3 aliphatic rings. The highest BCUT2D eigenvalue weighted by molar-refractivity contribution is 6.11. The van der Waals surface area contributed by atoms with E-state index >= 15 is 0 Å². The lowest BCUT2D eigenvalue weighted by Gasteiger charge is -2.08. The summed E-state index contributed by atoms with van der Waals surface area (Å²) in [6.45, 7) is 30.4. The van der Waals surface area contributed by atoms with Crippen LogP contribution in [0.4, 0.5) is 0 Å². The van der Waals surface area contributed by atoms with E-state index in [9.17, 15) is 0 Å². The van der Waals surface area contributed by atoms with Gasteiger partial charge in [-0.05, 0) is 113 Å². The third-order valence-corrected chi connectivity index (χ3v) is 11.6. The minimum atomic E-state index is 1.04. The van der Waals surface area contributed by atoms with E-state index < -0.39 is 0 Å². The average Bonchev–Trinajstić information content (AvgIpc) is 4.35. The van der Waals surface area contributed by atoms with Crippen LogP contribution in [0.3, 0.4) is 0 Å². The van der Waals surface area contributed by atoms with Crippen LogP contribution in [-0.4, -0.2) is 33.6 Å². The molecule has 0 radical (unpaired) electrons.